The summed E-state index contributed by atoms with van der Waals surface area (Å²) in [6.07, 6.45) is 9.65. The monoisotopic (exact) mass is 312 g/mol. The molecular formula is C18H20N2OS. The van der Waals surface area contributed by atoms with E-state index in [4.69, 9.17) is 0 Å². The van der Waals surface area contributed by atoms with Crippen LogP contribution in [0.1, 0.15) is 38.5 Å². The van der Waals surface area contributed by atoms with Crippen molar-refractivity contribution in [1.29, 1.82) is 0 Å². The van der Waals surface area contributed by atoms with Gasteiger partial charge in [-0.1, -0.05) is 80.2 Å². The maximum atomic E-state index is 10.4. The highest BCUT2D eigenvalue weighted by Gasteiger charge is 2.06. The Morgan fingerprint density at radius 1 is 0.955 bits per heavy atom. The van der Waals surface area contributed by atoms with E-state index in [2.05, 4.69) is 22.4 Å². The third-order valence-corrected chi connectivity index (χ3v) is 4.92. The number of carbonyl (C=O) groups excluding carboxylic acids is 1. The standard InChI is InChI=1S/C12H8N2OS.C6H12/c15-7-13-12-14-11-9-4-2-1-3-8(9)5-6-10(11)16-12;1-2-4-6-5-3-1/h1-7H,(H,13,14,15);1-6H2. The second-order valence-corrected chi connectivity index (χ2v) is 6.57. The van der Waals surface area contributed by atoms with Crippen LogP contribution in [0.25, 0.3) is 21.0 Å². The molecule has 0 unspecified atom stereocenters. The van der Waals surface area contributed by atoms with Crippen LogP contribution in [0.5, 0.6) is 0 Å². The smallest absolute Gasteiger partial charge is 0.213 e. The van der Waals surface area contributed by atoms with Gasteiger partial charge in [0.2, 0.25) is 6.41 Å². The number of nitrogens with zero attached hydrogens (tertiary/aromatic N) is 1. The second kappa shape index (κ2) is 7.36. The Morgan fingerprint density at radius 3 is 2.32 bits per heavy atom. The first kappa shape index (κ1) is 15.0. The molecule has 0 saturated heterocycles. The molecule has 0 atom stereocenters. The van der Waals surface area contributed by atoms with E-state index in [1.807, 2.05) is 24.3 Å². The number of fused-ring (bicyclic) bond motifs is 3. The van der Waals surface area contributed by atoms with Crippen LogP contribution in [0.4, 0.5) is 5.13 Å². The van der Waals surface area contributed by atoms with E-state index >= 15 is 0 Å². The number of amides is 1. The first-order valence-corrected chi connectivity index (χ1v) is 8.68. The lowest BCUT2D eigenvalue weighted by atomic mass is 10.0. The molecule has 0 radical (unpaired) electrons. The minimum absolute atomic E-state index is 0.640. The van der Waals surface area contributed by atoms with Crippen LogP contribution in [0, 0.1) is 0 Å². The predicted octanol–water partition coefficient (Wildman–Crippen LogP) is 5.36. The molecule has 1 N–H and O–H groups in total. The van der Waals surface area contributed by atoms with Crippen molar-refractivity contribution in [2.45, 2.75) is 38.5 Å². The molecule has 0 bridgehead atoms. The van der Waals surface area contributed by atoms with Gasteiger partial charge < -0.3 is 5.32 Å². The first-order valence-electron chi connectivity index (χ1n) is 7.87. The predicted molar refractivity (Wildman–Crippen MR) is 94.5 cm³/mol. The zero-order valence-corrected chi connectivity index (χ0v) is 13.4. The molecule has 1 aliphatic rings. The molecule has 1 saturated carbocycles. The summed E-state index contributed by atoms with van der Waals surface area (Å²) in [6.45, 7) is 0. The van der Waals surface area contributed by atoms with E-state index < -0.39 is 0 Å². The van der Waals surface area contributed by atoms with Crippen LogP contribution in [-0.2, 0) is 4.79 Å². The van der Waals surface area contributed by atoms with Crippen molar-refractivity contribution in [3.05, 3.63) is 36.4 Å². The summed E-state index contributed by atoms with van der Waals surface area (Å²) in [5.74, 6) is 0. The Kier molecular flexibility index (Phi) is 5.01. The van der Waals surface area contributed by atoms with E-state index in [0.29, 0.717) is 11.5 Å². The van der Waals surface area contributed by atoms with Gasteiger partial charge in [-0.05, 0) is 11.5 Å². The molecule has 3 nitrogen and oxygen atoms in total. The van der Waals surface area contributed by atoms with Crippen LogP contribution in [-0.4, -0.2) is 11.4 Å². The Morgan fingerprint density at radius 2 is 1.64 bits per heavy atom. The molecule has 4 rings (SSSR count). The van der Waals surface area contributed by atoms with Crippen LogP contribution in [0.2, 0.25) is 0 Å². The zero-order chi connectivity index (χ0) is 15.2. The number of benzene rings is 2. The number of aromatic nitrogens is 1. The van der Waals surface area contributed by atoms with Gasteiger partial charge in [-0.2, -0.15) is 0 Å². The zero-order valence-electron chi connectivity index (χ0n) is 12.5. The molecule has 0 spiro atoms. The van der Waals surface area contributed by atoms with E-state index in [9.17, 15) is 4.79 Å². The quantitative estimate of drug-likeness (QED) is 0.647. The van der Waals surface area contributed by atoms with Gasteiger partial charge in [0, 0.05) is 5.39 Å². The minimum atomic E-state index is 0.640. The fourth-order valence-corrected chi connectivity index (χ4v) is 3.67. The maximum Gasteiger partial charge on any atom is 0.213 e. The van der Waals surface area contributed by atoms with Crippen LogP contribution in [0.15, 0.2) is 36.4 Å². The number of anilines is 1. The van der Waals surface area contributed by atoms with E-state index in [1.165, 1.54) is 49.9 Å². The lowest BCUT2D eigenvalue weighted by molar-refractivity contribution is -0.105. The third-order valence-electron chi connectivity index (χ3n) is 3.97. The van der Waals surface area contributed by atoms with Gasteiger partial charge in [0.15, 0.2) is 5.13 Å². The van der Waals surface area contributed by atoms with Crippen molar-refractivity contribution in [3.63, 3.8) is 0 Å². The minimum Gasteiger partial charge on any atom is -0.305 e. The molecular weight excluding hydrogens is 292 g/mol. The summed E-state index contributed by atoms with van der Waals surface area (Å²) in [5.41, 5.74) is 0.951. The molecule has 114 valence electrons. The number of carbonyl (C=O) groups is 1. The molecule has 4 heteroatoms. The average Bonchev–Trinajstić information content (AvgIpc) is 3.00. The van der Waals surface area contributed by atoms with Crippen LogP contribution < -0.4 is 5.32 Å². The van der Waals surface area contributed by atoms with E-state index in [-0.39, 0.29) is 0 Å². The van der Waals surface area contributed by atoms with Gasteiger partial charge in [-0.15, -0.1) is 0 Å². The van der Waals surface area contributed by atoms with E-state index in [1.54, 1.807) is 0 Å². The lowest BCUT2D eigenvalue weighted by Crippen LogP contribution is -1.91. The van der Waals surface area contributed by atoms with Crippen molar-refractivity contribution in [1.82, 2.24) is 4.98 Å². The van der Waals surface area contributed by atoms with E-state index in [0.717, 1.165) is 21.0 Å². The van der Waals surface area contributed by atoms with Crippen LogP contribution >= 0.6 is 11.3 Å². The van der Waals surface area contributed by atoms with Gasteiger partial charge in [-0.3, -0.25) is 4.79 Å². The lowest BCUT2D eigenvalue weighted by Gasteiger charge is -2.05. The molecule has 1 amide bonds. The Balaban J connectivity index is 0.000000202. The van der Waals surface area contributed by atoms with Gasteiger partial charge in [0.05, 0.1) is 10.2 Å². The highest BCUT2D eigenvalue weighted by molar-refractivity contribution is 7.22. The second-order valence-electron chi connectivity index (χ2n) is 5.54. The number of rotatable bonds is 2. The topological polar surface area (TPSA) is 42.0 Å². The van der Waals surface area contributed by atoms with Crippen molar-refractivity contribution in [2.75, 3.05) is 5.32 Å². The number of nitrogens with one attached hydrogen (secondary N) is 1. The van der Waals surface area contributed by atoms with Gasteiger partial charge in [0.1, 0.15) is 0 Å². The fourth-order valence-electron chi connectivity index (χ4n) is 2.83. The maximum absolute atomic E-state index is 10.4. The van der Waals surface area contributed by atoms with Crippen molar-refractivity contribution >= 4 is 43.9 Å². The Bertz CT molecular complexity index is 750. The molecule has 1 fully saturated rings. The normalized spacial score (nSPS) is 14.4. The van der Waals surface area contributed by atoms with Gasteiger partial charge in [-0.25, -0.2) is 4.98 Å². The Labute approximate surface area is 134 Å². The van der Waals surface area contributed by atoms with Crippen molar-refractivity contribution in [3.8, 4) is 0 Å². The summed E-state index contributed by atoms with van der Waals surface area (Å²) in [7, 11) is 0. The summed E-state index contributed by atoms with van der Waals surface area (Å²) >= 11 is 1.48. The number of hydrogen-bond donors (Lipinski definition) is 1. The highest BCUT2D eigenvalue weighted by atomic mass is 32.1. The summed E-state index contributed by atoms with van der Waals surface area (Å²) in [5, 5.41) is 5.51. The molecule has 2 aromatic carbocycles. The molecule has 0 aliphatic heterocycles. The Hall–Kier alpha value is -1.94. The fraction of sp³-hybridized carbons (Fsp3) is 0.333. The third kappa shape index (κ3) is 3.45. The van der Waals surface area contributed by atoms with Crippen LogP contribution in [0.3, 0.4) is 0 Å². The highest BCUT2D eigenvalue weighted by Crippen LogP contribution is 2.31. The van der Waals surface area contributed by atoms with Gasteiger partial charge in [0.25, 0.3) is 0 Å². The molecule has 1 aliphatic carbocycles. The summed E-state index contributed by atoms with van der Waals surface area (Å²) in [6, 6.07) is 12.2. The largest absolute Gasteiger partial charge is 0.305 e. The van der Waals surface area contributed by atoms with Crippen molar-refractivity contribution < 1.29 is 4.79 Å². The first-order chi connectivity index (χ1) is 10.9. The SMILES string of the molecule is C1CCCCC1.O=CNc1nc2c(ccc3ccccc32)s1. The average molecular weight is 312 g/mol. The summed E-state index contributed by atoms with van der Waals surface area (Å²) < 4.78 is 1.09. The number of thiazole rings is 1. The number of hydrogen-bond acceptors (Lipinski definition) is 3. The van der Waals surface area contributed by atoms with Crippen molar-refractivity contribution in [2.24, 2.45) is 0 Å². The van der Waals surface area contributed by atoms with Gasteiger partial charge >= 0.3 is 0 Å². The molecule has 1 heterocycles. The molecule has 22 heavy (non-hydrogen) atoms. The summed E-state index contributed by atoms with van der Waals surface area (Å²) in [4.78, 5) is 14.8. The molecule has 1 aromatic heterocycles. The molecule has 3 aromatic rings.